The van der Waals surface area contributed by atoms with Gasteiger partial charge in [-0.1, -0.05) is 90.5 Å². The molecule has 4 N–H and O–H groups in total. The van der Waals surface area contributed by atoms with Crippen molar-refractivity contribution in [3.63, 3.8) is 0 Å². The lowest BCUT2D eigenvalue weighted by atomic mass is 10.1. The molecule has 1 rings (SSSR count). The molecule has 0 bridgehead atoms. The Morgan fingerprint density at radius 3 is 2.00 bits per heavy atom. The molecule has 0 radical (unpaired) electrons. The Bertz CT molecular complexity index is 643. The van der Waals surface area contributed by atoms with Crippen LogP contribution < -0.4 is 16.6 Å². The molecule has 6 heteroatoms. The fourth-order valence-electron chi connectivity index (χ4n) is 4.19. The van der Waals surface area contributed by atoms with E-state index in [4.69, 9.17) is 11.6 Å². The minimum atomic E-state index is 0.0380. The summed E-state index contributed by atoms with van der Waals surface area (Å²) in [5.41, 5.74) is 10.5. The van der Waals surface area contributed by atoms with Gasteiger partial charge in [-0.3, -0.25) is 9.91 Å². The summed E-state index contributed by atoms with van der Waals surface area (Å²) in [5, 5.41) is 1.85. The highest BCUT2D eigenvalue weighted by molar-refractivity contribution is 8.55. The summed E-state index contributed by atoms with van der Waals surface area (Å²) in [4.78, 5) is 2.53. The molecule has 1 aromatic carbocycles. The standard InChI is InChI=1S/C28H55N4PS/c1-6-8-10-11-12-13-14-15-16-17-21-31(24-34-33(5)22-18-9-7-2)23-32(30)27-20-19-25(3)26(4)28(27)29/h19-20H,6-18,21-24,29-30H2,1-5H3. The molecule has 0 saturated carbocycles. The summed E-state index contributed by atoms with van der Waals surface area (Å²) in [6.07, 6.45) is 19.1. The number of nitrogen functional groups attached to an aromatic ring is 1. The lowest BCUT2D eigenvalue weighted by Gasteiger charge is -2.30. The van der Waals surface area contributed by atoms with Crippen LogP contribution >= 0.6 is 18.5 Å². The van der Waals surface area contributed by atoms with E-state index in [2.05, 4.69) is 62.8 Å². The Morgan fingerprint density at radius 1 is 0.824 bits per heavy atom. The molecule has 0 saturated heterocycles. The molecule has 0 aromatic heterocycles. The minimum absolute atomic E-state index is 0.0380. The molecule has 0 heterocycles. The van der Waals surface area contributed by atoms with Gasteiger partial charge in [0.25, 0.3) is 0 Å². The van der Waals surface area contributed by atoms with Gasteiger partial charge in [0.15, 0.2) is 0 Å². The second-order valence-corrected chi connectivity index (χ2v) is 14.8. The fourth-order valence-corrected chi connectivity index (χ4v) is 7.42. The molecule has 1 aromatic rings. The molecule has 34 heavy (non-hydrogen) atoms. The quantitative estimate of drug-likeness (QED) is 0.0433. The smallest absolute Gasteiger partial charge is 0.0868 e. The van der Waals surface area contributed by atoms with Crippen molar-refractivity contribution in [1.82, 2.24) is 4.90 Å². The van der Waals surface area contributed by atoms with Gasteiger partial charge in [-0.25, -0.2) is 5.84 Å². The average molecular weight is 511 g/mol. The van der Waals surface area contributed by atoms with Gasteiger partial charge < -0.3 is 5.73 Å². The summed E-state index contributed by atoms with van der Waals surface area (Å²) < 4.78 is 0. The van der Waals surface area contributed by atoms with Crippen LogP contribution in [0.25, 0.3) is 0 Å². The van der Waals surface area contributed by atoms with Crippen LogP contribution in [0.15, 0.2) is 12.1 Å². The maximum Gasteiger partial charge on any atom is 0.0868 e. The molecule has 1 unspecified atom stereocenters. The predicted molar refractivity (Wildman–Crippen MR) is 160 cm³/mol. The Balaban J connectivity index is 2.50. The molecule has 1 atom stereocenters. The predicted octanol–water partition coefficient (Wildman–Crippen LogP) is 8.65. The van der Waals surface area contributed by atoms with E-state index in [1.54, 1.807) is 0 Å². The zero-order valence-electron chi connectivity index (χ0n) is 23.1. The lowest BCUT2D eigenvalue weighted by molar-refractivity contribution is 0.310. The average Bonchev–Trinajstić information content (AvgIpc) is 2.82. The molecule has 0 aliphatic rings. The third-order valence-corrected chi connectivity index (χ3v) is 10.9. The summed E-state index contributed by atoms with van der Waals surface area (Å²) >= 11 is 2.14. The highest BCUT2D eigenvalue weighted by Gasteiger charge is 2.15. The van der Waals surface area contributed by atoms with Crippen LogP contribution in [0.2, 0.25) is 0 Å². The van der Waals surface area contributed by atoms with Crippen LogP contribution in [0.3, 0.4) is 0 Å². The topological polar surface area (TPSA) is 58.5 Å². The molecule has 0 amide bonds. The molecular weight excluding hydrogens is 455 g/mol. The van der Waals surface area contributed by atoms with Gasteiger partial charge in [0.1, 0.15) is 0 Å². The largest absolute Gasteiger partial charge is 0.397 e. The molecule has 0 aliphatic heterocycles. The second-order valence-electron chi connectivity index (χ2n) is 9.94. The maximum atomic E-state index is 6.55. The van der Waals surface area contributed by atoms with Gasteiger partial charge in [0.2, 0.25) is 0 Å². The van der Waals surface area contributed by atoms with Crippen molar-refractivity contribution < 1.29 is 0 Å². The van der Waals surface area contributed by atoms with Crippen LogP contribution in [-0.2, 0) is 0 Å². The highest BCUT2D eigenvalue weighted by atomic mass is 32.7. The summed E-state index contributed by atoms with van der Waals surface area (Å²) in [6, 6.07) is 4.20. The maximum absolute atomic E-state index is 6.55. The number of hydrogen-bond donors (Lipinski definition) is 2. The number of hydrazine groups is 1. The summed E-state index contributed by atoms with van der Waals surface area (Å²) in [7, 11) is 0.0380. The van der Waals surface area contributed by atoms with E-state index in [1.165, 1.54) is 95.2 Å². The molecule has 0 fully saturated rings. The SMILES string of the molecule is CCCCCCCCCCCCN(CSP(C)CCCCC)CN(N)c1ccc(C)c(C)c1N. The Labute approximate surface area is 217 Å². The van der Waals surface area contributed by atoms with E-state index >= 15 is 0 Å². The number of nitrogens with two attached hydrogens (primary N) is 2. The Kier molecular flexibility index (Phi) is 18.3. The molecule has 0 aliphatic carbocycles. The third kappa shape index (κ3) is 13.6. The Hall–Kier alpha value is -0.480. The van der Waals surface area contributed by atoms with E-state index < -0.39 is 0 Å². The number of hydrogen-bond acceptors (Lipinski definition) is 5. The number of nitrogens with zero attached hydrogens (tertiary/aromatic N) is 2. The molecule has 0 spiro atoms. The van der Waals surface area contributed by atoms with Crippen molar-refractivity contribution in [2.75, 3.05) is 42.7 Å². The number of aryl methyl sites for hydroxylation is 1. The highest BCUT2D eigenvalue weighted by Crippen LogP contribution is 2.47. The van der Waals surface area contributed by atoms with Crippen LogP contribution in [-0.4, -0.2) is 36.8 Å². The summed E-state index contributed by atoms with van der Waals surface area (Å²) in [5.74, 6) is 7.61. The first kappa shape index (κ1) is 31.5. The van der Waals surface area contributed by atoms with Crippen molar-refractivity contribution >= 4 is 29.9 Å². The van der Waals surface area contributed by atoms with Crippen LogP contribution in [0, 0.1) is 13.8 Å². The lowest BCUT2D eigenvalue weighted by Crippen LogP contribution is -2.43. The monoisotopic (exact) mass is 510 g/mol. The van der Waals surface area contributed by atoms with E-state index in [0.29, 0.717) is 0 Å². The van der Waals surface area contributed by atoms with Crippen LogP contribution in [0.4, 0.5) is 11.4 Å². The van der Waals surface area contributed by atoms with E-state index in [-0.39, 0.29) is 7.12 Å². The number of benzene rings is 1. The Morgan fingerprint density at radius 2 is 1.38 bits per heavy atom. The number of unbranched alkanes of at least 4 members (excludes halogenated alkanes) is 11. The van der Waals surface area contributed by atoms with Gasteiger partial charge >= 0.3 is 0 Å². The molecule has 4 nitrogen and oxygen atoms in total. The number of rotatable bonds is 21. The zero-order valence-corrected chi connectivity index (χ0v) is 24.8. The van der Waals surface area contributed by atoms with Crippen LogP contribution in [0.5, 0.6) is 0 Å². The van der Waals surface area contributed by atoms with E-state index in [1.807, 2.05) is 5.01 Å². The van der Waals surface area contributed by atoms with E-state index in [9.17, 15) is 0 Å². The van der Waals surface area contributed by atoms with Gasteiger partial charge in [0, 0.05) is 6.54 Å². The third-order valence-electron chi connectivity index (χ3n) is 6.79. The van der Waals surface area contributed by atoms with Gasteiger partial charge in [-0.2, -0.15) is 0 Å². The van der Waals surface area contributed by atoms with Crippen LogP contribution in [0.1, 0.15) is 108 Å². The first-order chi connectivity index (χ1) is 16.4. The van der Waals surface area contributed by atoms with Crippen molar-refractivity contribution in [3.8, 4) is 0 Å². The summed E-state index contributed by atoms with van der Waals surface area (Å²) in [6.45, 7) is 13.0. The first-order valence-corrected chi connectivity index (χ1v) is 17.4. The van der Waals surface area contributed by atoms with Crippen molar-refractivity contribution in [2.24, 2.45) is 5.84 Å². The van der Waals surface area contributed by atoms with Crippen molar-refractivity contribution in [2.45, 2.75) is 111 Å². The number of anilines is 2. The normalized spacial score (nSPS) is 12.4. The zero-order chi connectivity index (χ0) is 25.2. The molecular formula is C28H55N4PS. The fraction of sp³-hybridized carbons (Fsp3) is 0.786. The first-order valence-electron chi connectivity index (χ1n) is 13.8. The van der Waals surface area contributed by atoms with Gasteiger partial charge in [-0.05, 0) is 63.8 Å². The van der Waals surface area contributed by atoms with Gasteiger partial charge in [-0.15, -0.1) is 11.4 Å². The second kappa shape index (κ2) is 19.7. The van der Waals surface area contributed by atoms with E-state index in [0.717, 1.165) is 36.0 Å². The minimum Gasteiger partial charge on any atom is -0.397 e. The van der Waals surface area contributed by atoms with Crippen molar-refractivity contribution in [3.05, 3.63) is 23.3 Å². The molecule has 198 valence electrons. The van der Waals surface area contributed by atoms with Gasteiger partial charge in [0.05, 0.1) is 23.9 Å². The van der Waals surface area contributed by atoms with Crippen molar-refractivity contribution in [1.29, 1.82) is 0 Å².